The Morgan fingerprint density at radius 1 is 1.05 bits per heavy atom. The summed E-state index contributed by atoms with van der Waals surface area (Å²) in [6.07, 6.45) is 0.796. The second-order valence-corrected chi connectivity index (χ2v) is 6.93. The van der Waals surface area contributed by atoms with Crippen LogP contribution in [-0.4, -0.2) is 48.8 Å². The zero-order valence-corrected chi connectivity index (χ0v) is 13.6. The summed E-state index contributed by atoms with van der Waals surface area (Å²) in [4.78, 5) is 28.2. The summed E-state index contributed by atoms with van der Waals surface area (Å²) in [7, 11) is 3.97. The van der Waals surface area contributed by atoms with Crippen molar-refractivity contribution >= 4 is 11.8 Å². The van der Waals surface area contributed by atoms with Crippen LogP contribution in [-0.2, 0) is 5.41 Å². The lowest BCUT2D eigenvalue weighted by Crippen LogP contribution is -2.32. The lowest BCUT2D eigenvalue weighted by Gasteiger charge is -2.19. The number of rotatable bonds is 4. The van der Waals surface area contributed by atoms with Crippen LogP contribution in [0.3, 0.4) is 0 Å². The van der Waals surface area contributed by atoms with Gasteiger partial charge in [-0.1, -0.05) is 26.8 Å². The Kier molecular flexibility index (Phi) is 4.19. The van der Waals surface area contributed by atoms with E-state index < -0.39 is 0 Å². The SMILES string of the molecule is CN(C)CCCN1C(=O)c2ccc(C(C)(C)C)cc2C1=O. The van der Waals surface area contributed by atoms with Crippen molar-refractivity contribution in [2.75, 3.05) is 27.2 Å². The lowest BCUT2D eigenvalue weighted by atomic mass is 9.85. The van der Waals surface area contributed by atoms with Gasteiger partial charge in [-0.3, -0.25) is 14.5 Å². The van der Waals surface area contributed by atoms with Crippen molar-refractivity contribution in [3.63, 3.8) is 0 Å². The Hall–Kier alpha value is -1.68. The molecule has 1 aromatic carbocycles. The molecule has 0 saturated carbocycles. The molecule has 0 spiro atoms. The number of carbonyl (C=O) groups is 2. The average Bonchev–Trinajstić information content (AvgIpc) is 2.62. The molecule has 0 saturated heterocycles. The lowest BCUT2D eigenvalue weighted by molar-refractivity contribution is 0.0649. The summed E-state index contributed by atoms with van der Waals surface area (Å²) in [5, 5.41) is 0. The van der Waals surface area contributed by atoms with Gasteiger partial charge in [-0.25, -0.2) is 0 Å². The van der Waals surface area contributed by atoms with E-state index in [1.165, 1.54) is 4.90 Å². The van der Waals surface area contributed by atoms with Gasteiger partial charge in [0, 0.05) is 6.54 Å². The van der Waals surface area contributed by atoms with Gasteiger partial charge in [-0.2, -0.15) is 0 Å². The highest BCUT2D eigenvalue weighted by Crippen LogP contribution is 2.29. The minimum Gasteiger partial charge on any atom is -0.309 e. The molecule has 1 aliphatic heterocycles. The summed E-state index contributed by atoms with van der Waals surface area (Å²) >= 11 is 0. The van der Waals surface area contributed by atoms with E-state index in [0.29, 0.717) is 17.7 Å². The Balaban J connectivity index is 2.22. The molecule has 4 nitrogen and oxygen atoms in total. The molecule has 0 N–H and O–H groups in total. The fourth-order valence-electron chi connectivity index (χ4n) is 2.51. The Morgan fingerprint density at radius 2 is 1.67 bits per heavy atom. The van der Waals surface area contributed by atoms with Gasteiger partial charge in [0.15, 0.2) is 0 Å². The minimum atomic E-state index is -0.158. The molecule has 0 atom stereocenters. The summed E-state index contributed by atoms with van der Waals surface area (Å²) in [6, 6.07) is 5.62. The molecule has 2 rings (SSSR count). The number of fused-ring (bicyclic) bond motifs is 1. The molecule has 1 aromatic rings. The molecule has 0 unspecified atom stereocenters. The Bertz CT molecular complexity index is 571. The number of carbonyl (C=O) groups excluding carboxylic acids is 2. The molecule has 1 aliphatic rings. The molecule has 0 aromatic heterocycles. The van der Waals surface area contributed by atoms with Gasteiger partial charge in [-0.15, -0.1) is 0 Å². The van der Waals surface area contributed by atoms with Gasteiger partial charge in [0.05, 0.1) is 11.1 Å². The second kappa shape index (κ2) is 5.60. The van der Waals surface area contributed by atoms with Crippen LogP contribution >= 0.6 is 0 Å². The van der Waals surface area contributed by atoms with Crippen molar-refractivity contribution < 1.29 is 9.59 Å². The third-order valence-electron chi connectivity index (χ3n) is 3.82. The first-order valence-corrected chi connectivity index (χ1v) is 7.37. The van der Waals surface area contributed by atoms with Crippen LogP contribution in [0.1, 0.15) is 53.5 Å². The molecule has 2 amide bonds. The standard InChI is InChI=1S/C17H24N2O2/c1-17(2,3)12-7-8-13-14(11-12)16(21)19(15(13)20)10-6-9-18(4)5/h7-8,11H,6,9-10H2,1-5H3. The van der Waals surface area contributed by atoms with E-state index in [9.17, 15) is 9.59 Å². The Labute approximate surface area is 126 Å². The smallest absolute Gasteiger partial charge is 0.261 e. The molecule has 0 radical (unpaired) electrons. The third-order valence-corrected chi connectivity index (χ3v) is 3.82. The van der Waals surface area contributed by atoms with Crippen molar-refractivity contribution in [1.29, 1.82) is 0 Å². The molecule has 114 valence electrons. The van der Waals surface area contributed by atoms with Crippen molar-refractivity contribution in [1.82, 2.24) is 9.80 Å². The van der Waals surface area contributed by atoms with Gasteiger partial charge in [0.1, 0.15) is 0 Å². The Morgan fingerprint density at radius 3 is 2.24 bits per heavy atom. The molecule has 0 fully saturated rings. The third kappa shape index (κ3) is 3.16. The van der Waals surface area contributed by atoms with Crippen molar-refractivity contribution in [2.45, 2.75) is 32.6 Å². The van der Waals surface area contributed by atoms with Crippen LogP contribution in [0.25, 0.3) is 0 Å². The first-order chi connectivity index (χ1) is 9.71. The van der Waals surface area contributed by atoms with Gasteiger partial charge in [-0.05, 0) is 50.2 Å². The van der Waals surface area contributed by atoms with Crippen molar-refractivity contribution in [3.05, 3.63) is 34.9 Å². The summed E-state index contributed by atoms with van der Waals surface area (Å²) < 4.78 is 0. The van der Waals surface area contributed by atoms with Gasteiger partial charge in [0.2, 0.25) is 0 Å². The normalized spacial score (nSPS) is 15.0. The highest BCUT2D eigenvalue weighted by Gasteiger charge is 2.35. The van der Waals surface area contributed by atoms with E-state index in [2.05, 4.69) is 25.7 Å². The zero-order chi connectivity index (χ0) is 15.8. The van der Waals surface area contributed by atoms with Crippen LogP contribution in [0.2, 0.25) is 0 Å². The molecule has 0 aliphatic carbocycles. The van der Waals surface area contributed by atoms with E-state index in [4.69, 9.17) is 0 Å². The van der Waals surface area contributed by atoms with E-state index in [1.807, 2.05) is 26.2 Å². The zero-order valence-electron chi connectivity index (χ0n) is 13.6. The average molecular weight is 288 g/mol. The fourth-order valence-corrected chi connectivity index (χ4v) is 2.51. The summed E-state index contributed by atoms with van der Waals surface area (Å²) in [6.45, 7) is 7.65. The first-order valence-electron chi connectivity index (χ1n) is 7.37. The predicted molar refractivity (Wildman–Crippen MR) is 83.7 cm³/mol. The summed E-state index contributed by atoms with van der Waals surface area (Å²) in [5.74, 6) is -0.311. The van der Waals surface area contributed by atoms with E-state index in [-0.39, 0.29) is 17.2 Å². The highest BCUT2D eigenvalue weighted by atomic mass is 16.2. The maximum atomic E-state index is 12.5. The topological polar surface area (TPSA) is 40.6 Å². The molecule has 1 heterocycles. The number of amides is 2. The number of benzene rings is 1. The molecule has 21 heavy (non-hydrogen) atoms. The molecular formula is C17H24N2O2. The van der Waals surface area contributed by atoms with Crippen molar-refractivity contribution in [2.24, 2.45) is 0 Å². The first kappa shape index (κ1) is 15.7. The quantitative estimate of drug-likeness (QED) is 0.799. The molecule has 4 heteroatoms. The maximum absolute atomic E-state index is 12.5. The maximum Gasteiger partial charge on any atom is 0.261 e. The fraction of sp³-hybridized carbons (Fsp3) is 0.529. The highest BCUT2D eigenvalue weighted by molar-refractivity contribution is 6.21. The number of hydrogen-bond donors (Lipinski definition) is 0. The van der Waals surface area contributed by atoms with Crippen LogP contribution in [0.15, 0.2) is 18.2 Å². The van der Waals surface area contributed by atoms with E-state index >= 15 is 0 Å². The van der Waals surface area contributed by atoms with E-state index in [0.717, 1.165) is 18.5 Å². The number of nitrogens with zero attached hydrogens (tertiary/aromatic N) is 2. The number of hydrogen-bond acceptors (Lipinski definition) is 3. The predicted octanol–water partition coefficient (Wildman–Crippen LogP) is 2.53. The van der Waals surface area contributed by atoms with Crippen molar-refractivity contribution in [3.8, 4) is 0 Å². The van der Waals surface area contributed by atoms with Gasteiger partial charge >= 0.3 is 0 Å². The van der Waals surface area contributed by atoms with Crippen LogP contribution in [0, 0.1) is 0 Å². The molecular weight excluding hydrogens is 264 g/mol. The summed E-state index contributed by atoms with van der Waals surface area (Å²) in [5.41, 5.74) is 2.14. The van der Waals surface area contributed by atoms with Crippen LogP contribution < -0.4 is 0 Å². The van der Waals surface area contributed by atoms with Crippen LogP contribution in [0.5, 0.6) is 0 Å². The molecule has 0 bridgehead atoms. The van der Waals surface area contributed by atoms with Gasteiger partial charge < -0.3 is 4.90 Å². The largest absolute Gasteiger partial charge is 0.309 e. The van der Waals surface area contributed by atoms with E-state index in [1.54, 1.807) is 6.07 Å². The minimum absolute atomic E-state index is 0.0311. The van der Waals surface area contributed by atoms with Gasteiger partial charge in [0.25, 0.3) is 11.8 Å². The monoisotopic (exact) mass is 288 g/mol. The number of imide groups is 1. The van der Waals surface area contributed by atoms with Crippen LogP contribution in [0.4, 0.5) is 0 Å². The second-order valence-electron chi connectivity index (χ2n) is 6.93.